The standard InChI is InChI=1S/C17H10ClNO/c18-13-9-7-12(8-10-13)17-19-14-5-1-3-11-4-2-6-15(20-17)16(11)14/h1-10H. The zero-order chi connectivity index (χ0) is 13.5. The summed E-state index contributed by atoms with van der Waals surface area (Å²) in [6.45, 7) is 0. The van der Waals surface area contributed by atoms with E-state index in [9.17, 15) is 0 Å². The molecule has 0 amide bonds. The van der Waals surface area contributed by atoms with Gasteiger partial charge in [0.2, 0.25) is 5.90 Å². The molecule has 0 saturated heterocycles. The van der Waals surface area contributed by atoms with Gasteiger partial charge in [-0.15, -0.1) is 0 Å². The molecule has 0 spiro atoms. The molecular formula is C17H10ClNO. The molecule has 0 saturated carbocycles. The Morgan fingerprint density at radius 1 is 0.850 bits per heavy atom. The predicted octanol–water partition coefficient (Wildman–Crippen LogP) is 4.96. The van der Waals surface area contributed by atoms with Crippen molar-refractivity contribution >= 4 is 34.0 Å². The van der Waals surface area contributed by atoms with Crippen molar-refractivity contribution in [3.63, 3.8) is 0 Å². The zero-order valence-corrected chi connectivity index (χ0v) is 11.3. The van der Waals surface area contributed by atoms with E-state index in [1.165, 1.54) is 0 Å². The second-order valence-corrected chi connectivity index (χ2v) is 5.09. The van der Waals surface area contributed by atoms with E-state index in [2.05, 4.69) is 17.1 Å². The van der Waals surface area contributed by atoms with Crippen LogP contribution in [0.2, 0.25) is 5.02 Å². The first-order valence-corrected chi connectivity index (χ1v) is 6.73. The number of benzene rings is 3. The van der Waals surface area contributed by atoms with Crippen LogP contribution in [0.25, 0.3) is 10.8 Å². The molecule has 3 aromatic carbocycles. The van der Waals surface area contributed by atoms with E-state index in [4.69, 9.17) is 16.3 Å². The lowest BCUT2D eigenvalue weighted by molar-refractivity contribution is 0.555. The minimum Gasteiger partial charge on any atom is -0.438 e. The molecule has 0 atom stereocenters. The fourth-order valence-corrected chi connectivity index (χ4v) is 2.54. The molecule has 1 aliphatic rings. The maximum Gasteiger partial charge on any atom is 0.227 e. The van der Waals surface area contributed by atoms with Gasteiger partial charge in [0, 0.05) is 10.6 Å². The fraction of sp³-hybridized carbons (Fsp3) is 0. The quantitative estimate of drug-likeness (QED) is 0.617. The van der Waals surface area contributed by atoms with E-state index in [1.807, 2.05) is 48.5 Å². The van der Waals surface area contributed by atoms with Gasteiger partial charge >= 0.3 is 0 Å². The number of nitrogens with zero attached hydrogens (tertiary/aromatic N) is 1. The largest absolute Gasteiger partial charge is 0.438 e. The Labute approximate surface area is 121 Å². The molecule has 0 aromatic heterocycles. The SMILES string of the molecule is Clc1ccc(C2=Nc3cccc4cccc(c34)O2)cc1. The first-order valence-electron chi connectivity index (χ1n) is 6.35. The third-order valence-electron chi connectivity index (χ3n) is 3.36. The van der Waals surface area contributed by atoms with Gasteiger partial charge in [0.1, 0.15) is 5.75 Å². The molecule has 96 valence electrons. The van der Waals surface area contributed by atoms with E-state index < -0.39 is 0 Å². The van der Waals surface area contributed by atoms with Crippen molar-refractivity contribution in [3.8, 4) is 5.75 Å². The van der Waals surface area contributed by atoms with Crippen LogP contribution in [-0.4, -0.2) is 5.90 Å². The van der Waals surface area contributed by atoms with Crippen molar-refractivity contribution in [1.29, 1.82) is 0 Å². The van der Waals surface area contributed by atoms with Gasteiger partial charge < -0.3 is 4.74 Å². The molecule has 3 heteroatoms. The van der Waals surface area contributed by atoms with Crippen LogP contribution in [0.3, 0.4) is 0 Å². The van der Waals surface area contributed by atoms with Gasteiger partial charge in [-0.05, 0) is 41.8 Å². The molecule has 0 N–H and O–H groups in total. The Bertz CT molecular complexity index is 832. The normalized spacial score (nSPS) is 12.9. The van der Waals surface area contributed by atoms with Crippen molar-refractivity contribution in [2.24, 2.45) is 4.99 Å². The lowest BCUT2D eigenvalue weighted by Gasteiger charge is -2.17. The van der Waals surface area contributed by atoms with E-state index in [1.54, 1.807) is 0 Å². The van der Waals surface area contributed by atoms with Crippen molar-refractivity contribution in [1.82, 2.24) is 0 Å². The summed E-state index contributed by atoms with van der Waals surface area (Å²) in [6.07, 6.45) is 0. The Balaban J connectivity index is 1.92. The Morgan fingerprint density at radius 3 is 2.40 bits per heavy atom. The van der Waals surface area contributed by atoms with Crippen LogP contribution in [-0.2, 0) is 0 Å². The summed E-state index contributed by atoms with van der Waals surface area (Å²) in [7, 11) is 0. The van der Waals surface area contributed by atoms with Crippen molar-refractivity contribution in [2.45, 2.75) is 0 Å². The van der Waals surface area contributed by atoms with Crippen LogP contribution < -0.4 is 4.74 Å². The fourth-order valence-electron chi connectivity index (χ4n) is 2.42. The van der Waals surface area contributed by atoms with Crippen LogP contribution in [0, 0.1) is 0 Å². The Hall–Kier alpha value is -2.32. The van der Waals surface area contributed by atoms with Gasteiger partial charge in [-0.3, -0.25) is 0 Å². The van der Waals surface area contributed by atoms with Gasteiger partial charge in [0.05, 0.1) is 11.1 Å². The predicted molar refractivity (Wildman–Crippen MR) is 82.2 cm³/mol. The smallest absolute Gasteiger partial charge is 0.227 e. The van der Waals surface area contributed by atoms with Gasteiger partial charge in [0.15, 0.2) is 0 Å². The number of hydrogen-bond donors (Lipinski definition) is 0. The Kier molecular flexibility index (Phi) is 2.51. The number of halogens is 1. The highest BCUT2D eigenvalue weighted by Crippen LogP contribution is 2.38. The average molecular weight is 280 g/mol. The maximum absolute atomic E-state index is 5.94. The molecule has 0 radical (unpaired) electrons. The Morgan fingerprint density at radius 2 is 1.60 bits per heavy atom. The van der Waals surface area contributed by atoms with Crippen LogP contribution in [0.15, 0.2) is 65.7 Å². The van der Waals surface area contributed by atoms with E-state index in [0.717, 1.165) is 27.8 Å². The van der Waals surface area contributed by atoms with Gasteiger partial charge in [0.25, 0.3) is 0 Å². The van der Waals surface area contributed by atoms with Crippen LogP contribution in [0.5, 0.6) is 5.75 Å². The summed E-state index contributed by atoms with van der Waals surface area (Å²) in [4.78, 5) is 4.61. The molecule has 0 unspecified atom stereocenters. The van der Waals surface area contributed by atoms with Crippen molar-refractivity contribution < 1.29 is 4.74 Å². The number of aliphatic imine (C=N–C) groups is 1. The molecule has 0 bridgehead atoms. The maximum atomic E-state index is 5.94. The monoisotopic (exact) mass is 279 g/mol. The topological polar surface area (TPSA) is 21.6 Å². The van der Waals surface area contributed by atoms with Crippen LogP contribution in [0.1, 0.15) is 5.56 Å². The molecule has 0 aliphatic carbocycles. The molecule has 2 nitrogen and oxygen atoms in total. The minimum absolute atomic E-state index is 0.605. The van der Waals surface area contributed by atoms with E-state index >= 15 is 0 Å². The first kappa shape index (κ1) is 11.5. The van der Waals surface area contributed by atoms with Crippen LogP contribution in [0.4, 0.5) is 5.69 Å². The molecule has 3 aromatic rings. The third-order valence-corrected chi connectivity index (χ3v) is 3.62. The molecule has 1 heterocycles. The summed E-state index contributed by atoms with van der Waals surface area (Å²) < 4.78 is 5.94. The second kappa shape index (κ2) is 4.36. The molecular weight excluding hydrogens is 270 g/mol. The van der Waals surface area contributed by atoms with E-state index in [0.29, 0.717) is 10.9 Å². The summed E-state index contributed by atoms with van der Waals surface area (Å²) in [5, 5.41) is 2.90. The van der Waals surface area contributed by atoms with Crippen molar-refractivity contribution in [2.75, 3.05) is 0 Å². The van der Waals surface area contributed by atoms with Gasteiger partial charge in [-0.25, -0.2) is 4.99 Å². The molecule has 20 heavy (non-hydrogen) atoms. The van der Waals surface area contributed by atoms with E-state index in [-0.39, 0.29) is 0 Å². The highest BCUT2D eigenvalue weighted by Gasteiger charge is 2.17. The average Bonchev–Trinajstić information content (AvgIpc) is 2.48. The highest BCUT2D eigenvalue weighted by molar-refractivity contribution is 6.30. The third kappa shape index (κ3) is 1.77. The number of ether oxygens (including phenoxy) is 1. The molecule has 0 fully saturated rings. The number of rotatable bonds is 1. The first-order chi connectivity index (χ1) is 9.81. The summed E-state index contributed by atoms with van der Waals surface area (Å²) >= 11 is 5.92. The van der Waals surface area contributed by atoms with Crippen LogP contribution >= 0.6 is 11.6 Å². The summed E-state index contributed by atoms with van der Waals surface area (Å²) in [5.74, 6) is 1.45. The summed E-state index contributed by atoms with van der Waals surface area (Å²) in [6, 6.07) is 19.6. The number of hydrogen-bond acceptors (Lipinski definition) is 2. The highest BCUT2D eigenvalue weighted by atomic mass is 35.5. The second-order valence-electron chi connectivity index (χ2n) is 4.66. The molecule has 1 aliphatic heterocycles. The lowest BCUT2D eigenvalue weighted by atomic mass is 10.1. The lowest BCUT2D eigenvalue weighted by Crippen LogP contribution is -2.12. The summed E-state index contributed by atoms with van der Waals surface area (Å²) in [5.41, 5.74) is 1.86. The van der Waals surface area contributed by atoms with Crippen molar-refractivity contribution in [3.05, 3.63) is 71.2 Å². The van der Waals surface area contributed by atoms with Gasteiger partial charge in [-0.1, -0.05) is 35.9 Å². The molecule has 4 rings (SSSR count). The zero-order valence-electron chi connectivity index (χ0n) is 10.5. The van der Waals surface area contributed by atoms with Gasteiger partial charge in [-0.2, -0.15) is 0 Å². The minimum atomic E-state index is 0.605.